The molecule has 0 spiro atoms. The number of likely N-dealkylation sites (tertiary alicyclic amines) is 1. The Morgan fingerprint density at radius 3 is 2.71 bits per heavy atom. The van der Waals surface area contributed by atoms with E-state index in [1.54, 1.807) is 30.3 Å². The van der Waals surface area contributed by atoms with E-state index in [9.17, 15) is 14.7 Å². The van der Waals surface area contributed by atoms with Crippen molar-refractivity contribution in [3.8, 4) is 16.9 Å². The van der Waals surface area contributed by atoms with E-state index >= 15 is 0 Å². The standard InChI is InChI=1S/C25H23NO5/c1-15-6-4-5-11-26(15)14-20-21(27)10-9-17-18(13-23(28)31-24(17)20)19-12-16-7-2-3-8-22(16)30-25(19)29/h2-3,7-10,12-13,15,27H,4-6,11,14H2,1H3/p+1/t15-/m0/s1. The first-order valence-corrected chi connectivity index (χ1v) is 10.7. The van der Waals surface area contributed by atoms with Crippen molar-refractivity contribution in [2.45, 2.75) is 38.8 Å². The molecule has 1 saturated heterocycles. The Morgan fingerprint density at radius 1 is 1.03 bits per heavy atom. The van der Waals surface area contributed by atoms with Gasteiger partial charge in [0.05, 0.1) is 23.7 Å². The Bertz CT molecular complexity index is 1400. The minimum Gasteiger partial charge on any atom is -0.507 e. The number of para-hydroxylation sites is 1. The van der Waals surface area contributed by atoms with Crippen molar-refractivity contribution in [3.05, 3.63) is 74.9 Å². The number of aromatic hydroxyl groups is 1. The third-order valence-corrected chi connectivity index (χ3v) is 6.41. The lowest BCUT2D eigenvalue weighted by molar-refractivity contribution is -0.941. The molecule has 1 aliphatic rings. The van der Waals surface area contributed by atoms with Crippen molar-refractivity contribution in [2.24, 2.45) is 0 Å². The van der Waals surface area contributed by atoms with E-state index in [1.165, 1.54) is 17.4 Å². The number of hydrogen-bond acceptors (Lipinski definition) is 5. The van der Waals surface area contributed by atoms with Crippen LogP contribution in [0.2, 0.25) is 0 Å². The summed E-state index contributed by atoms with van der Waals surface area (Å²) < 4.78 is 11.1. The molecule has 158 valence electrons. The van der Waals surface area contributed by atoms with Gasteiger partial charge >= 0.3 is 11.3 Å². The molecule has 31 heavy (non-hydrogen) atoms. The SMILES string of the molecule is C[C@H]1CCCC[NH+]1Cc1c(O)ccc2c(-c3cc4ccccc4oc3=O)cc(=O)oc12. The van der Waals surface area contributed by atoms with Gasteiger partial charge in [0.2, 0.25) is 0 Å². The number of piperidine rings is 1. The first-order chi connectivity index (χ1) is 15.0. The molecule has 2 aromatic carbocycles. The third-order valence-electron chi connectivity index (χ3n) is 6.41. The molecule has 3 heterocycles. The monoisotopic (exact) mass is 418 g/mol. The van der Waals surface area contributed by atoms with Crippen LogP contribution in [-0.4, -0.2) is 17.7 Å². The molecule has 2 atom stereocenters. The second-order valence-corrected chi connectivity index (χ2v) is 8.39. The number of fused-ring (bicyclic) bond motifs is 2. The van der Waals surface area contributed by atoms with Crippen LogP contribution in [0, 0.1) is 0 Å². The Kier molecular flexibility index (Phi) is 4.87. The predicted octanol–water partition coefficient (Wildman–Crippen LogP) is 3.23. The highest BCUT2D eigenvalue weighted by molar-refractivity contribution is 5.96. The second kappa shape index (κ2) is 7.71. The number of hydrogen-bond donors (Lipinski definition) is 2. The van der Waals surface area contributed by atoms with Gasteiger partial charge in [-0.25, -0.2) is 9.59 Å². The zero-order valence-corrected chi connectivity index (χ0v) is 17.3. The van der Waals surface area contributed by atoms with Gasteiger partial charge in [0.25, 0.3) is 0 Å². The number of phenols is 1. The zero-order valence-electron chi connectivity index (χ0n) is 17.3. The molecule has 0 aliphatic carbocycles. The van der Waals surface area contributed by atoms with Gasteiger partial charge in [0.1, 0.15) is 17.9 Å². The quantitative estimate of drug-likeness (QED) is 0.499. The zero-order chi connectivity index (χ0) is 21.5. The van der Waals surface area contributed by atoms with Crippen LogP contribution in [0.1, 0.15) is 31.7 Å². The average Bonchev–Trinajstić information content (AvgIpc) is 2.76. The number of nitrogens with one attached hydrogen (secondary N) is 1. The fourth-order valence-electron chi connectivity index (χ4n) is 4.66. The summed E-state index contributed by atoms with van der Waals surface area (Å²) in [5, 5.41) is 12.0. The minimum absolute atomic E-state index is 0.101. The highest BCUT2D eigenvalue weighted by atomic mass is 16.4. The molecule has 6 nitrogen and oxygen atoms in total. The first kappa shape index (κ1) is 19.6. The Labute approximate surface area is 178 Å². The molecule has 1 aliphatic heterocycles. The van der Waals surface area contributed by atoms with Crippen LogP contribution < -0.4 is 16.2 Å². The van der Waals surface area contributed by atoms with Crippen LogP contribution >= 0.6 is 0 Å². The van der Waals surface area contributed by atoms with Gasteiger partial charge in [-0.2, -0.15) is 0 Å². The molecule has 5 rings (SSSR count). The van der Waals surface area contributed by atoms with Crippen molar-refractivity contribution >= 4 is 21.9 Å². The Hall–Kier alpha value is -3.38. The lowest BCUT2D eigenvalue weighted by atomic mass is 9.98. The van der Waals surface area contributed by atoms with E-state index < -0.39 is 11.3 Å². The van der Waals surface area contributed by atoms with Crippen molar-refractivity contribution < 1.29 is 18.8 Å². The summed E-state index contributed by atoms with van der Waals surface area (Å²) in [6.07, 6.45) is 3.48. The fourth-order valence-corrected chi connectivity index (χ4v) is 4.66. The molecule has 2 N–H and O–H groups in total. The molecule has 6 heteroatoms. The van der Waals surface area contributed by atoms with Crippen LogP contribution in [0.15, 0.2) is 67.0 Å². The smallest absolute Gasteiger partial charge is 0.344 e. The first-order valence-electron chi connectivity index (χ1n) is 10.7. The maximum absolute atomic E-state index is 12.7. The van der Waals surface area contributed by atoms with Gasteiger partial charge in [-0.05, 0) is 50.5 Å². The third kappa shape index (κ3) is 3.53. The highest BCUT2D eigenvalue weighted by Gasteiger charge is 2.26. The van der Waals surface area contributed by atoms with Gasteiger partial charge in [0.15, 0.2) is 5.58 Å². The summed E-state index contributed by atoms with van der Waals surface area (Å²) in [7, 11) is 0. The van der Waals surface area contributed by atoms with Crippen LogP contribution in [-0.2, 0) is 6.54 Å². The fraction of sp³-hybridized carbons (Fsp3) is 0.280. The average molecular weight is 418 g/mol. The van der Waals surface area contributed by atoms with Gasteiger partial charge in [0, 0.05) is 22.4 Å². The Morgan fingerprint density at radius 2 is 1.87 bits per heavy atom. The van der Waals surface area contributed by atoms with E-state index in [4.69, 9.17) is 8.83 Å². The molecule has 0 radical (unpaired) electrons. The van der Waals surface area contributed by atoms with E-state index in [-0.39, 0.29) is 5.75 Å². The molecule has 1 fully saturated rings. The molecule has 0 saturated carbocycles. The summed E-state index contributed by atoms with van der Waals surface area (Å²) in [6.45, 7) is 3.77. The largest absolute Gasteiger partial charge is 0.507 e. The molecule has 4 aromatic rings. The number of quaternary nitrogens is 1. The Balaban J connectivity index is 1.72. The summed E-state index contributed by atoms with van der Waals surface area (Å²) in [5.74, 6) is 0.101. The molecule has 1 unspecified atom stereocenters. The molecule has 2 aromatic heterocycles. The van der Waals surface area contributed by atoms with E-state index in [1.807, 2.05) is 12.1 Å². The van der Waals surface area contributed by atoms with Crippen LogP contribution in [0.4, 0.5) is 0 Å². The van der Waals surface area contributed by atoms with Crippen LogP contribution in [0.25, 0.3) is 33.1 Å². The number of rotatable bonds is 3. The predicted molar refractivity (Wildman–Crippen MR) is 118 cm³/mol. The maximum Gasteiger partial charge on any atom is 0.344 e. The van der Waals surface area contributed by atoms with E-state index in [2.05, 4.69) is 6.92 Å². The van der Waals surface area contributed by atoms with Crippen molar-refractivity contribution in [1.29, 1.82) is 0 Å². The van der Waals surface area contributed by atoms with Crippen molar-refractivity contribution in [2.75, 3.05) is 6.54 Å². The van der Waals surface area contributed by atoms with Crippen LogP contribution in [0.5, 0.6) is 5.75 Å². The van der Waals surface area contributed by atoms with Gasteiger partial charge in [-0.1, -0.05) is 18.2 Å². The second-order valence-electron chi connectivity index (χ2n) is 8.39. The maximum atomic E-state index is 12.7. The van der Waals surface area contributed by atoms with Crippen molar-refractivity contribution in [3.63, 3.8) is 0 Å². The van der Waals surface area contributed by atoms with Gasteiger partial charge in [-0.15, -0.1) is 0 Å². The molecule has 0 bridgehead atoms. The number of benzene rings is 2. The summed E-state index contributed by atoms with van der Waals surface area (Å²) in [5.41, 5.74) is 1.09. The van der Waals surface area contributed by atoms with Crippen LogP contribution in [0.3, 0.4) is 0 Å². The lowest BCUT2D eigenvalue weighted by Crippen LogP contribution is -3.14. The van der Waals surface area contributed by atoms with E-state index in [0.717, 1.165) is 24.8 Å². The van der Waals surface area contributed by atoms with Gasteiger partial charge in [-0.3, -0.25) is 0 Å². The number of phenolic OH excluding ortho intramolecular Hbond substituents is 1. The topological polar surface area (TPSA) is 85.1 Å². The molecular weight excluding hydrogens is 394 g/mol. The molecule has 0 amide bonds. The summed E-state index contributed by atoms with van der Waals surface area (Å²) in [4.78, 5) is 26.6. The van der Waals surface area contributed by atoms with Gasteiger partial charge < -0.3 is 18.8 Å². The summed E-state index contributed by atoms with van der Waals surface area (Å²) in [6, 6.07) is 14.1. The van der Waals surface area contributed by atoms with E-state index in [0.29, 0.717) is 45.8 Å². The lowest BCUT2D eigenvalue weighted by Gasteiger charge is -2.30. The molecular formula is C25H24NO5+. The minimum atomic E-state index is -0.566. The summed E-state index contributed by atoms with van der Waals surface area (Å²) >= 11 is 0. The normalized spacial score (nSPS) is 19.1. The highest BCUT2D eigenvalue weighted by Crippen LogP contribution is 2.32. The van der Waals surface area contributed by atoms with Crippen molar-refractivity contribution in [1.82, 2.24) is 0 Å².